The van der Waals surface area contributed by atoms with Crippen LogP contribution >= 0.6 is 0 Å². The lowest BCUT2D eigenvalue weighted by Crippen LogP contribution is -2.39. The second kappa shape index (κ2) is 5.03. The van der Waals surface area contributed by atoms with Crippen LogP contribution in [0.25, 0.3) is 0 Å². The first-order valence-electron chi connectivity index (χ1n) is 5.89. The number of nitrogens with zero attached hydrogens (tertiary/aromatic N) is 4. The molecular weight excluding hydrogens is 232 g/mol. The van der Waals surface area contributed by atoms with Crippen molar-refractivity contribution in [1.82, 2.24) is 18.9 Å². The summed E-state index contributed by atoms with van der Waals surface area (Å²) in [7, 11) is 1.80. The van der Waals surface area contributed by atoms with Crippen molar-refractivity contribution >= 4 is 0 Å². The van der Waals surface area contributed by atoms with Gasteiger partial charge >= 0.3 is 5.69 Å². The van der Waals surface area contributed by atoms with Gasteiger partial charge in [-0.15, -0.1) is 0 Å². The Balaban J connectivity index is 2.40. The molecule has 0 radical (unpaired) electrons. The molecule has 0 bridgehead atoms. The Kier molecular flexibility index (Phi) is 3.45. The Morgan fingerprint density at radius 2 is 2.11 bits per heavy atom. The monoisotopic (exact) mass is 248 g/mol. The lowest BCUT2D eigenvalue weighted by atomic mass is 10.3. The van der Waals surface area contributed by atoms with Gasteiger partial charge in [-0.3, -0.25) is 14.0 Å². The molecule has 6 nitrogen and oxygen atoms in total. The summed E-state index contributed by atoms with van der Waals surface area (Å²) >= 11 is 0. The molecule has 96 valence electrons. The zero-order chi connectivity index (χ0) is 13.1. The van der Waals surface area contributed by atoms with Crippen molar-refractivity contribution in [2.24, 2.45) is 7.05 Å². The standard InChI is InChI=1S/C12H16N4O2/c1-3-5-15-6-4-11(17)16(12(15)18)9-10-7-13-14(2)8-10/h4,6-8H,3,5,9H2,1-2H3. The maximum atomic E-state index is 12.1. The Hall–Kier alpha value is -2.11. The summed E-state index contributed by atoms with van der Waals surface area (Å²) in [6, 6.07) is 1.42. The lowest BCUT2D eigenvalue weighted by molar-refractivity contribution is 0.570. The smallest absolute Gasteiger partial charge is 0.300 e. The topological polar surface area (TPSA) is 61.8 Å². The molecule has 0 amide bonds. The highest BCUT2D eigenvalue weighted by Gasteiger charge is 2.06. The van der Waals surface area contributed by atoms with Gasteiger partial charge in [0.1, 0.15) is 0 Å². The maximum absolute atomic E-state index is 12.1. The molecule has 0 saturated heterocycles. The molecule has 0 saturated carbocycles. The normalized spacial score (nSPS) is 10.8. The van der Waals surface area contributed by atoms with E-state index >= 15 is 0 Å². The highest BCUT2D eigenvalue weighted by molar-refractivity contribution is 5.05. The van der Waals surface area contributed by atoms with E-state index in [0.717, 1.165) is 12.0 Å². The van der Waals surface area contributed by atoms with E-state index in [-0.39, 0.29) is 17.8 Å². The summed E-state index contributed by atoms with van der Waals surface area (Å²) in [5.74, 6) is 0. The SMILES string of the molecule is CCCn1ccc(=O)n(Cc2cnn(C)c2)c1=O. The summed E-state index contributed by atoms with van der Waals surface area (Å²) in [5.41, 5.74) is 0.287. The second-order valence-electron chi connectivity index (χ2n) is 4.24. The molecule has 18 heavy (non-hydrogen) atoms. The first-order valence-corrected chi connectivity index (χ1v) is 5.89. The zero-order valence-electron chi connectivity index (χ0n) is 10.5. The van der Waals surface area contributed by atoms with Gasteiger partial charge in [-0.05, 0) is 6.42 Å². The van der Waals surface area contributed by atoms with E-state index in [0.29, 0.717) is 6.54 Å². The Morgan fingerprint density at radius 1 is 1.33 bits per heavy atom. The van der Waals surface area contributed by atoms with Crippen LogP contribution in [0.2, 0.25) is 0 Å². The van der Waals surface area contributed by atoms with Crippen LogP contribution in [0.5, 0.6) is 0 Å². The number of aromatic nitrogens is 4. The van der Waals surface area contributed by atoms with E-state index in [2.05, 4.69) is 5.10 Å². The van der Waals surface area contributed by atoms with Gasteiger partial charge in [0.05, 0.1) is 12.7 Å². The Morgan fingerprint density at radius 3 is 2.72 bits per heavy atom. The summed E-state index contributed by atoms with van der Waals surface area (Å²) < 4.78 is 4.43. The highest BCUT2D eigenvalue weighted by Crippen LogP contribution is 1.96. The van der Waals surface area contributed by atoms with Gasteiger partial charge in [-0.1, -0.05) is 6.92 Å². The van der Waals surface area contributed by atoms with Crippen LogP contribution in [0, 0.1) is 0 Å². The molecule has 0 aliphatic heterocycles. The molecule has 0 fully saturated rings. The van der Waals surface area contributed by atoms with Crippen molar-refractivity contribution in [2.45, 2.75) is 26.4 Å². The van der Waals surface area contributed by atoms with E-state index in [9.17, 15) is 9.59 Å². The second-order valence-corrected chi connectivity index (χ2v) is 4.24. The van der Waals surface area contributed by atoms with E-state index in [1.807, 2.05) is 6.92 Å². The van der Waals surface area contributed by atoms with Crippen LogP contribution in [0.3, 0.4) is 0 Å². The van der Waals surface area contributed by atoms with E-state index in [1.54, 1.807) is 34.9 Å². The van der Waals surface area contributed by atoms with E-state index in [4.69, 9.17) is 0 Å². The number of hydrogen-bond donors (Lipinski definition) is 0. The van der Waals surface area contributed by atoms with Gasteiger partial charge in [0, 0.05) is 37.6 Å². The molecule has 2 heterocycles. The summed E-state index contributed by atoms with van der Waals surface area (Å²) in [5, 5.41) is 4.02. The molecule has 0 aliphatic carbocycles. The predicted octanol–water partition coefficient (Wildman–Crippen LogP) is 0.202. The first kappa shape index (κ1) is 12.3. The number of rotatable bonds is 4. The maximum Gasteiger partial charge on any atom is 0.331 e. The molecule has 2 aromatic heterocycles. The largest absolute Gasteiger partial charge is 0.331 e. The third kappa shape index (κ3) is 2.42. The van der Waals surface area contributed by atoms with E-state index in [1.165, 1.54) is 10.6 Å². The molecule has 6 heteroatoms. The van der Waals surface area contributed by atoms with Crippen LogP contribution in [-0.2, 0) is 20.1 Å². The fourth-order valence-corrected chi connectivity index (χ4v) is 1.85. The van der Waals surface area contributed by atoms with Crippen molar-refractivity contribution in [3.8, 4) is 0 Å². The van der Waals surface area contributed by atoms with Gasteiger partial charge in [-0.2, -0.15) is 5.10 Å². The van der Waals surface area contributed by atoms with Gasteiger partial charge in [0.25, 0.3) is 5.56 Å². The third-order valence-corrected chi connectivity index (χ3v) is 2.70. The zero-order valence-corrected chi connectivity index (χ0v) is 10.5. The number of aryl methyl sites for hydroxylation is 2. The minimum atomic E-state index is -0.281. The summed E-state index contributed by atoms with van der Waals surface area (Å²) in [6.45, 7) is 2.87. The molecular formula is C12H16N4O2. The van der Waals surface area contributed by atoms with Crippen molar-refractivity contribution in [3.05, 3.63) is 51.1 Å². The lowest BCUT2D eigenvalue weighted by Gasteiger charge is -2.07. The first-order chi connectivity index (χ1) is 8.61. The highest BCUT2D eigenvalue weighted by atomic mass is 16.2. The van der Waals surface area contributed by atoms with Crippen LogP contribution in [0.4, 0.5) is 0 Å². The molecule has 0 unspecified atom stereocenters. The molecule has 0 spiro atoms. The van der Waals surface area contributed by atoms with Crippen molar-refractivity contribution in [2.75, 3.05) is 0 Å². The molecule has 0 aromatic carbocycles. The number of hydrogen-bond acceptors (Lipinski definition) is 3. The quantitative estimate of drug-likeness (QED) is 0.776. The molecule has 2 aromatic rings. The minimum absolute atomic E-state index is 0.260. The molecule has 0 aliphatic rings. The third-order valence-electron chi connectivity index (χ3n) is 2.70. The summed E-state index contributed by atoms with van der Waals surface area (Å²) in [4.78, 5) is 23.8. The van der Waals surface area contributed by atoms with E-state index < -0.39 is 0 Å². The van der Waals surface area contributed by atoms with Crippen LogP contribution < -0.4 is 11.2 Å². The van der Waals surface area contributed by atoms with Gasteiger partial charge in [0.15, 0.2) is 0 Å². The molecule has 0 N–H and O–H groups in total. The van der Waals surface area contributed by atoms with Gasteiger partial charge in [0.2, 0.25) is 0 Å². The molecule has 0 atom stereocenters. The van der Waals surface area contributed by atoms with Crippen LogP contribution in [0.1, 0.15) is 18.9 Å². The van der Waals surface area contributed by atoms with Crippen LogP contribution in [0.15, 0.2) is 34.2 Å². The van der Waals surface area contributed by atoms with Crippen molar-refractivity contribution < 1.29 is 0 Å². The Bertz CT molecular complexity index is 651. The summed E-state index contributed by atoms with van der Waals surface area (Å²) in [6.07, 6.45) is 5.85. The minimum Gasteiger partial charge on any atom is -0.300 e. The Labute approximate surface area is 104 Å². The fourth-order valence-electron chi connectivity index (χ4n) is 1.85. The average Bonchev–Trinajstić information content (AvgIpc) is 2.74. The van der Waals surface area contributed by atoms with Gasteiger partial charge in [-0.25, -0.2) is 4.79 Å². The van der Waals surface area contributed by atoms with Crippen molar-refractivity contribution in [3.63, 3.8) is 0 Å². The van der Waals surface area contributed by atoms with Gasteiger partial charge < -0.3 is 4.57 Å². The van der Waals surface area contributed by atoms with Crippen LogP contribution in [-0.4, -0.2) is 18.9 Å². The predicted molar refractivity (Wildman–Crippen MR) is 67.6 cm³/mol. The van der Waals surface area contributed by atoms with Crippen molar-refractivity contribution in [1.29, 1.82) is 0 Å². The fraction of sp³-hybridized carbons (Fsp3) is 0.417. The molecule has 2 rings (SSSR count). The average molecular weight is 248 g/mol.